The molecule has 0 aromatic heterocycles. The van der Waals surface area contributed by atoms with Gasteiger partial charge in [0.2, 0.25) is 5.91 Å². The van der Waals surface area contributed by atoms with Gasteiger partial charge in [0.1, 0.15) is 11.9 Å². The molecule has 0 spiro atoms. The van der Waals surface area contributed by atoms with Gasteiger partial charge in [-0.2, -0.15) is 0 Å². The van der Waals surface area contributed by atoms with E-state index in [9.17, 15) is 9.18 Å². The maximum atomic E-state index is 14.6. The Morgan fingerprint density at radius 1 is 0.643 bits per heavy atom. The lowest BCUT2D eigenvalue weighted by atomic mass is 9.96. The molecule has 0 radical (unpaired) electrons. The fourth-order valence-corrected chi connectivity index (χ4v) is 6.34. The predicted octanol–water partition coefficient (Wildman–Crippen LogP) is 8.06. The summed E-state index contributed by atoms with van der Waals surface area (Å²) in [6.45, 7) is 2.41. The van der Waals surface area contributed by atoms with E-state index < -0.39 is 0 Å². The van der Waals surface area contributed by atoms with Crippen LogP contribution in [0.3, 0.4) is 0 Å². The Hall–Kier alpha value is -3.76. The summed E-state index contributed by atoms with van der Waals surface area (Å²) in [7, 11) is 0. The summed E-state index contributed by atoms with van der Waals surface area (Å²) in [5.74, 6) is 0.00861. The van der Waals surface area contributed by atoms with Crippen LogP contribution in [0.4, 0.5) is 4.39 Å². The van der Waals surface area contributed by atoms with Gasteiger partial charge in [-0.15, -0.1) is 0 Å². The lowest BCUT2D eigenvalue weighted by molar-refractivity contribution is -0.138. The van der Waals surface area contributed by atoms with E-state index in [1.54, 1.807) is 0 Å². The monoisotopic (exact) mass is 562 g/mol. The quantitative estimate of drug-likeness (QED) is 0.165. The SMILES string of the molecule is O=C1C(c2ccccc2)N(CCc2ccc(F)cc2)CCCN1C(CCCc1ccccc1)CCCc1ccccc1. The molecular weight excluding hydrogens is 519 g/mol. The molecule has 0 saturated carbocycles. The van der Waals surface area contributed by atoms with Crippen molar-refractivity contribution in [3.8, 4) is 0 Å². The lowest BCUT2D eigenvalue weighted by Gasteiger charge is -2.35. The first-order chi connectivity index (χ1) is 20.7. The molecule has 0 aliphatic carbocycles. The number of hydrogen-bond donors (Lipinski definition) is 0. The molecule has 1 atom stereocenters. The Labute approximate surface area is 251 Å². The number of carbonyl (C=O) groups is 1. The highest BCUT2D eigenvalue weighted by Gasteiger charge is 2.36. The average Bonchev–Trinajstić information content (AvgIpc) is 3.19. The second-order valence-electron chi connectivity index (χ2n) is 11.5. The molecule has 5 rings (SSSR count). The summed E-state index contributed by atoms with van der Waals surface area (Å²) in [4.78, 5) is 19.1. The highest BCUT2D eigenvalue weighted by Crippen LogP contribution is 2.30. The van der Waals surface area contributed by atoms with E-state index in [0.29, 0.717) is 0 Å². The molecular formula is C38H43FN2O. The van der Waals surface area contributed by atoms with Gasteiger partial charge in [-0.1, -0.05) is 103 Å². The summed E-state index contributed by atoms with van der Waals surface area (Å²) in [5.41, 5.74) is 4.87. The van der Waals surface area contributed by atoms with Gasteiger partial charge >= 0.3 is 0 Å². The van der Waals surface area contributed by atoms with Crippen molar-refractivity contribution >= 4 is 5.91 Å². The smallest absolute Gasteiger partial charge is 0.244 e. The summed E-state index contributed by atoms with van der Waals surface area (Å²) in [6.07, 6.45) is 7.94. The molecule has 1 aliphatic heterocycles. The molecule has 1 unspecified atom stereocenters. The standard InChI is InChI=1S/C38H43FN2O/c39-35-25-23-33(24-26-35)27-30-40-28-12-29-41(38(42)37(40)34-19-8-3-9-20-34)36(21-10-17-31-13-4-1-5-14-31)22-11-18-32-15-6-2-7-16-32/h1-9,13-16,19-20,23-26,36-37H,10-12,17-18,21-22,27-30H2. The highest BCUT2D eigenvalue weighted by atomic mass is 19.1. The van der Waals surface area contributed by atoms with Gasteiger partial charge in [0, 0.05) is 25.7 Å². The number of benzene rings is 4. The van der Waals surface area contributed by atoms with Crippen LogP contribution >= 0.6 is 0 Å². The van der Waals surface area contributed by atoms with Crippen molar-refractivity contribution in [2.24, 2.45) is 0 Å². The molecule has 0 bridgehead atoms. The number of carbonyl (C=O) groups excluding carboxylic acids is 1. The molecule has 1 heterocycles. The van der Waals surface area contributed by atoms with Gasteiger partial charge in [0.25, 0.3) is 0 Å². The first-order valence-corrected chi connectivity index (χ1v) is 15.6. The van der Waals surface area contributed by atoms with Crippen LogP contribution in [0.25, 0.3) is 0 Å². The van der Waals surface area contributed by atoms with Crippen molar-refractivity contribution in [2.45, 2.75) is 63.5 Å². The fraction of sp³-hybridized carbons (Fsp3) is 0.342. The van der Waals surface area contributed by atoms with Crippen LogP contribution in [-0.2, 0) is 24.1 Å². The third-order valence-corrected chi connectivity index (χ3v) is 8.57. The van der Waals surface area contributed by atoms with Crippen molar-refractivity contribution < 1.29 is 9.18 Å². The summed E-state index contributed by atoms with van der Waals surface area (Å²) in [5, 5.41) is 0. The minimum absolute atomic E-state index is 0.216. The number of rotatable bonds is 13. The molecule has 1 saturated heterocycles. The Morgan fingerprint density at radius 3 is 1.74 bits per heavy atom. The van der Waals surface area contributed by atoms with Gasteiger partial charge in [-0.25, -0.2) is 4.39 Å². The van der Waals surface area contributed by atoms with Crippen molar-refractivity contribution in [1.29, 1.82) is 0 Å². The number of aryl methyl sites for hydroxylation is 2. The van der Waals surface area contributed by atoms with Crippen LogP contribution < -0.4 is 0 Å². The topological polar surface area (TPSA) is 23.6 Å². The molecule has 1 amide bonds. The average molecular weight is 563 g/mol. The number of nitrogens with zero attached hydrogens (tertiary/aromatic N) is 2. The fourth-order valence-electron chi connectivity index (χ4n) is 6.34. The first-order valence-electron chi connectivity index (χ1n) is 15.6. The van der Waals surface area contributed by atoms with Gasteiger partial charge in [0.15, 0.2) is 0 Å². The summed E-state index contributed by atoms with van der Waals surface area (Å²) in [6, 6.07) is 38.3. The first kappa shape index (κ1) is 29.7. The largest absolute Gasteiger partial charge is 0.338 e. The van der Waals surface area contributed by atoms with Crippen LogP contribution in [-0.4, -0.2) is 41.4 Å². The maximum absolute atomic E-state index is 14.6. The zero-order valence-electron chi connectivity index (χ0n) is 24.6. The van der Waals surface area contributed by atoms with E-state index in [2.05, 4.69) is 82.6 Å². The van der Waals surface area contributed by atoms with Gasteiger partial charge in [0.05, 0.1) is 0 Å². The van der Waals surface area contributed by atoms with E-state index in [0.717, 1.165) is 82.1 Å². The van der Waals surface area contributed by atoms with E-state index >= 15 is 0 Å². The van der Waals surface area contributed by atoms with Crippen LogP contribution in [0, 0.1) is 5.82 Å². The van der Waals surface area contributed by atoms with Crippen LogP contribution in [0.2, 0.25) is 0 Å². The van der Waals surface area contributed by atoms with Gasteiger partial charge < -0.3 is 4.90 Å². The minimum atomic E-state index is -0.306. The molecule has 1 aliphatic rings. The Kier molecular flexibility index (Phi) is 10.9. The third-order valence-electron chi connectivity index (χ3n) is 8.57. The molecule has 3 nitrogen and oxygen atoms in total. The predicted molar refractivity (Wildman–Crippen MR) is 170 cm³/mol. The zero-order valence-corrected chi connectivity index (χ0v) is 24.6. The molecule has 42 heavy (non-hydrogen) atoms. The van der Waals surface area contributed by atoms with E-state index in [4.69, 9.17) is 0 Å². The Balaban J connectivity index is 1.33. The van der Waals surface area contributed by atoms with Crippen molar-refractivity contribution in [3.63, 3.8) is 0 Å². The van der Waals surface area contributed by atoms with Gasteiger partial charge in [-0.3, -0.25) is 9.69 Å². The Bertz CT molecular complexity index is 1300. The normalized spacial score (nSPS) is 16.1. The maximum Gasteiger partial charge on any atom is 0.244 e. The zero-order chi connectivity index (χ0) is 29.0. The van der Waals surface area contributed by atoms with Crippen LogP contribution in [0.1, 0.15) is 60.4 Å². The molecule has 218 valence electrons. The summed E-state index contributed by atoms with van der Waals surface area (Å²) >= 11 is 0. The number of amides is 1. The molecule has 4 aromatic carbocycles. The Morgan fingerprint density at radius 2 is 1.17 bits per heavy atom. The van der Waals surface area contributed by atoms with E-state index in [1.165, 1.54) is 23.3 Å². The lowest BCUT2D eigenvalue weighted by Crippen LogP contribution is -2.45. The van der Waals surface area contributed by atoms with Gasteiger partial charge in [-0.05, 0) is 85.8 Å². The number of hydrogen-bond acceptors (Lipinski definition) is 2. The van der Waals surface area contributed by atoms with E-state index in [-0.39, 0.29) is 23.8 Å². The van der Waals surface area contributed by atoms with E-state index in [1.807, 2.05) is 30.3 Å². The highest BCUT2D eigenvalue weighted by molar-refractivity contribution is 5.84. The van der Waals surface area contributed by atoms with Crippen LogP contribution in [0.15, 0.2) is 115 Å². The summed E-state index contributed by atoms with van der Waals surface area (Å²) < 4.78 is 13.5. The number of halogens is 1. The van der Waals surface area contributed by atoms with Crippen molar-refractivity contribution in [3.05, 3.63) is 143 Å². The molecule has 1 fully saturated rings. The van der Waals surface area contributed by atoms with Crippen molar-refractivity contribution in [2.75, 3.05) is 19.6 Å². The third kappa shape index (κ3) is 8.39. The van der Waals surface area contributed by atoms with Crippen molar-refractivity contribution in [1.82, 2.24) is 9.80 Å². The minimum Gasteiger partial charge on any atom is -0.338 e. The molecule has 4 heteroatoms. The second-order valence-corrected chi connectivity index (χ2v) is 11.5. The van der Waals surface area contributed by atoms with Crippen LogP contribution in [0.5, 0.6) is 0 Å². The second kappa shape index (κ2) is 15.5. The molecule has 4 aromatic rings. The molecule has 0 N–H and O–H groups in total.